The van der Waals surface area contributed by atoms with Gasteiger partial charge < -0.3 is 10.4 Å². The third-order valence-electron chi connectivity index (χ3n) is 2.98. The van der Waals surface area contributed by atoms with Crippen molar-refractivity contribution in [2.75, 3.05) is 6.61 Å². The zero-order valence-corrected chi connectivity index (χ0v) is 10.6. The number of nitrogens with zero attached hydrogens (tertiary/aromatic N) is 2. The van der Waals surface area contributed by atoms with Gasteiger partial charge in [-0.1, -0.05) is 6.92 Å². The molecule has 1 rings (SSSR count). The molecule has 1 atom stereocenters. The topological polar surface area (TPSA) is 86.0 Å². The molecule has 0 aliphatic carbocycles. The van der Waals surface area contributed by atoms with Crippen LogP contribution in [0.3, 0.4) is 0 Å². The first kappa shape index (κ1) is 14.1. The summed E-state index contributed by atoms with van der Waals surface area (Å²) in [5.41, 5.74) is 0.244. The normalized spacial score (nSPS) is 13.4. The molecular weight excluding hydrogens is 230 g/mol. The largest absolute Gasteiger partial charge is 0.396 e. The van der Waals surface area contributed by atoms with Crippen LogP contribution in [0.5, 0.6) is 0 Å². The monoisotopic (exact) mass is 247 g/mol. The van der Waals surface area contributed by atoms with Crippen molar-refractivity contribution in [2.45, 2.75) is 32.2 Å². The summed E-state index contributed by atoms with van der Waals surface area (Å²) in [5, 5.41) is 20.5. The van der Waals surface area contributed by atoms with E-state index in [9.17, 15) is 4.79 Å². The number of carbonyl (C=O) groups is 1. The molecule has 0 fully saturated rings. The maximum absolute atomic E-state index is 12.0. The SMILES string of the molecule is CCC(C)(CCO)NC(=O)c1ccc(C#N)cn1. The van der Waals surface area contributed by atoms with Crippen LogP contribution in [0.15, 0.2) is 18.3 Å². The first-order valence-electron chi connectivity index (χ1n) is 5.84. The average Bonchev–Trinajstić information content (AvgIpc) is 2.39. The third kappa shape index (κ3) is 3.54. The van der Waals surface area contributed by atoms with Crippen LogP contribution in [-0.2, 0) is 0 Å². The van der Waals surface area contributed by atoms with Gasteiger partial charge in [0.15, 0.2) is 0 Å². The zero-order valence-electron chi connectivity index (χ0n) is 10.6. The minimum atomic E-state index is -0.443. The molecule has 18 heavy (non-hydrogen) atoms. The molecule has 1 amide bonds. The highest BCUT2D eigenvalue weighted by molar-refractivity contribution is 5.92. The number of pyridine rings is 1. The molecular formula is C13H17N3O2. The molecule has 5 nitrogen and oxygen atoms in total. The van der Waals surface area contributed by atoms with E-state index in [-0.39, 0.29) is 18.2 Å². The molecule has 0 saturated carbocycles. The lowest BCUT2D eigenvalue weighted by Crippen LogP contribution is -2.46. The number of hydrogen-bond acceptors (Lipinski definition) is 4. The van der Waals surface area contributed by atoms with E-state index in [1.807, 2.05) is 19.9 Å². The van der Waals surface area contributed by atoms with Gasteiger partial charge >= 0.3 is 0 Å². The summed E-state index contributed by atoms with van der Waals surface area (Å²) in [6, 6.07) is 5.02. The Kier molecular flexibility index (Phi) is 4.81. The molecule has 1 heterocycles. The molecule has 1 aromatic heterocycles. The molecule has 5 heteroatoms. The highest BCUT2D eigenvalue weighted by Gasteiger charge is 2.24. The Morgan fingerprint density at radius 2 is 2.33 bits per heavy atom. The van der Waals surface area contributed by atoms with E-state index < -0.39 is 5.54 Å². The predicted octanol–water partition coefficient (Wildman–Crippen LogP) is 1.23. The minimum Gasteiger partial charge on any atom is -0.396 e. The van der Waals surface area contributed by atoms with Gasteiger partial charge in [-0.15, -0.1) is 0 Å². The first-order valence-corrected chi connectivity index (χ1v) is 5.84. The molecule has 0 aliphatic rings. The highest BCUT2D eigenvalue weighted by atomic mass is 16.3. The van der Waals surface area contributed by atoms with Crippen molar-refractivity contribution < 1.29 is 9.90 Å². The molecule has 0 saturated heterocycles. The molecule has 0 spiro atoms. The number of nitrogens with one attached hydrogen (secondary N) is 1. The first-order chi connectivity index (χ1) is 8.54. The minimum absolute atomic E-state index is 0.0193. The molecule has 1 aromatic rings. The zero-order chi connectivity index (χ0) is 13.6. The smallest absolute Gasteiger partial charge is 0.270 e. The van der Waals surface area contributed by atoms with Gasteiger partial charge in [0.05, 0.1) is 5.56 Å². The second-order valence-electron chi connectivity index (χ2n) is 4.39. The fourth-order valence-electron chi connectivity index (χ4n) is 1.51. The number of rotatable bonds is 5. The summed E-state index contributed by atoms with van der Waals surface area (Å²) < 4.78 is 0. The lowest BCUT2D eigenvalue weighted by atomic mass is 9.94. The van der Waals surface area contributed by atoms with Gasteiger partial charge in [0.25, 0.3) is 5.91 Å². The highest BCUT2D eigenvalue weighted by Crippen LogP contribution is 2.14. The van der Waals surface area contributed by atoms with Crippen LogP contribution in [0.4, 0.5) is 0 Å². The molecule has 96 valence electrons. The van der Waals surface area contributed by atoms with Crippen LogP contribution < -0.4 is 5.32 Å². The summed E-state index contributed by atoms with van der Waals surface area (Å²) in [7, 11) is 0. The molecule has 0 radical (unpaired) electrons. The van der Waals surface area contributed by atoms with Crippen molar-refractivity contribution in [3.05, 3.63) is 29.6 Å². The van der Waals surface area contributed by atoms with Gasteiger partial charge in [0.1, 0.15) is 11.8 Å². The molecule has 0 aromatic carbocycles. The third-order valence-corrected chi connectivity index (χ3v) is 2.98. The second kappa shape index (κ2) is 6.12. The Hall–Kier alpha value is -1.93. The summed E-state index contributed by atoms with van der Waals surface area (Å²) in [5.74, 6) is -0.294. The van der Waals surface area contributed by atoms with Gasteiger partial charge in [0, 0.05) is 18.3 Å². The Bertz CT molecular complexity index is 450. The quantitative estimate of drug-likeness (QED) is 0.819. The van der Waals surface area contributed by atoms with Gasteiger partial charge in [-0.3, -0.25) is 4.79 Å². The molecule has 1 unspecified atom stereocenters. The van der Waals surface area contributed by atoms with E-state index >= 15 is 0 Å². The van der Waals surface area contributed by atoms with Crippen molar-refractivity contribution >= 4 is 5.91 Å². The van der Waals surface area contributed by atoms with Crippen molar-refractivity contribution in [1.29, 1.82) is 5.26 Å². The van der Waals surface area contributed by atoms with Crippen molar-refractivity contribution in [3.63, 3.8) is 0 Å². The van der Waals surface area contributed by atoms with Crippen molar-refractivity contribution in [3.8, 4) is 6.07 Å². The number of amides is 1. The summed E-state index contributed by atoms with van der Waals surface area (Å²) in [4.78, 5) is 15.9. The van der Waals surface area contributed by atoms with Crippen LogP contribution >= 0.6 is 0 Å². The maximum atomic E-state index is 12.0. The molecule has 0 aliphatic heterocycles. The van der Waals surface area contributed by atoms with Crippen molar-refractivity contribution in [2.24, 2.45) is 0 Å². The second-order valence-corrected chi connectivity index (χ2v) is 4.39. The fourth-order valence-corrected chi connectivity index (χ4v) is 1.51. The van der Waals surface area contributed by atoms with Crippen LogP contribution in [0, 0.1) is 11.3 Å². The Balaban J connectivity index is 2.78. The molecule has 0 bridgehead atoms. The number of aliphatic hydroxyl groups excluding tert-OH is 1. The van der Waals surface area contributed by atoms with E-state index in [1.165, 1.54) is 12.3 Å². The lowest BCUT2D eigenvalue weighted by molar-refractivity contribution is 0.0881. The number of carbonyl (C=O) groups excluding carboxylic acids is 1. The number of nitriles is 1. The summed E-state index contributed by atoms with van der Waals surface area (Å²) in [6.07, 6.45) is 2.57. The van der Waals surface area contributed by atoms with Crippen molar-refractivity contribution in [1.82, 2.24) is 10.3 Å². The van der Waals surface area contributed by atoms with Crippen LogP contribution in [0.25, 0.3) is 0 Å². The van der Waals surface area contributed by atoms with Gasteiger partial charge in [-0.05, 0) is 31.9 Å². The van der Waals surface area contributed by atoms with Gasteiger partial charge in [0.2, 0.25) is 0 Å². The van der Waals surface area contributed by atoms with E-state index in [4.69, 9.17) is 10.4 Å². The van der Waals surface area contributed by atoms with Crippen LogP contribution in [-0.4, -0.2) is 28.1 Å². The Labute approximate surface area is 106 Å². The summed E-state index contributed by atoms with van der Waals surface area (Å²) >= 11 is 0. The molecule has 2 N–H and O–H groups in total. The maximum Gasteiger partial charge on any atom is 0.270 e. The predicted molar refractivity (Wildman–Crippen MR) is 66.8 cm³/mol. The average molecular weight is 247 g/mol. The lowest BCUT2D eigenvalue weighted by Gasteiger charge is -2.28. The van der Waals surface area contributed by atoms with Crippen LogP contribution in [0.1, 0.15) is 42.7 Å². The van der Waals surface area contributed by atoms with E-state index in [2.05, 4.69) is 10.3 Å². The number of aromatic nitrogens is 1. The standard InChI is InChI=1S/C13H17N3O2/c1-3-13(2,6-7-17)16-12(18)11-5-4-10(8-14)9-15-11/h4-5,9,17H,3,6-7H2,1-2H3,(H,16,18). The van der Waals surface area contributed by atoms with Crippen LogP contribution in [0.2, 0.25) is 0 Å². The van der Waals surface area contributed by atoms with E-state index in [0.29, 0.717) is 12.0 Å². The Morgan fingerprint density at radius 3 is 2.78 bits per heavy atom. The van der Waals surface area contributed by atoms with E-state index in [0.717, 1.165) is 6.42 Å². The number of aliphatic hydroxyl groups is 1. The van der Waals surface area contributed by atoms with Gasteiger partial charge in [-0.2, -0.15) is 5.26 Å². The summed E-state index contributed by atoms with van der Waals surface area (Å²) in [6.45, 7) is 3.85. The van der Waals surface area contributed by atoms with Gasteiger partial charge in [-0.25, -0.2) is 4.98 Å². The Morgan fingerprint density at radius 1 is 1.61 bits per heavy atom. The fraction of sp³-hybridized carbons (Fsp3) is 0.462. The number of hydrogen-bond donors (Lipinski definition) is 2. The van der Waals surface area contributed by atoms with E-state index in [1.54, 1.807) is 6.07 Å².